The average molecular weight is 825 g/mol. The molecule has 0 N–H and O–H groups in total. The van der Waals surface area contributed by atoms with E-state index in [1.54, 1.807) is 0 Å². The molecule has 1 heterocycles. The Bertz CT molecular complexity index is 3550. The van der Waals surface area contributed by atoms with Crippen molar-refractivity contribution in [3.05, 3.63) is 217 Å². The monoisotopic (exact) mass is 824 g/mol. The molecule has 0 saturated carbocycles. The van der Waals surface area contributed by atoms with Crippen LogP contribution in [0.15, 0.2) is 206 Å². The van der Waals surface area contributed by atoms with Crippen LogP contribution >= 0.6 is 0 Å². The van der Waals surface area contributed by atoms with Gasteiger partial charge < -0.3 is 9.47 Å². The molecule has 0 aliphatic carbocycles. The Kier molecular flexibility index (Phi) is 9.33. The van der Waals surface area contributed by atoms with Crippen molar-refractivity contribution in [1.29, 1.82) is 0 Å². The molecule has 0 bridgehead atoms. The van der Waals surface area contributed by atoms with Gasteiger partial charge in [-0.05, 0) is 143 Å². The Morgan fingerprint density at radius 2 is 0.938 bits per heavy atom. The molecular formula is C62H52N2. The van der Waals surface area contributed by atoms with Crippen molar-refractivity contribution in [2.45, 2.75) is 52.4 Å². The van der Waals surface area contributed by atoms with Gasteiger partial charge in [0.05, 0.1) is 11.0 Å². The van der Waals surface area contributed by atoms with Crippen LogP contribution in [0.4, 0.5) is 17.1 Å². The fourth-order valence-electron chi connectivity index (χ4n) is 9.79. The van der Waals surface area contributed by atoms with Gasteiger partial charge in [0.15, 0.2) is 0 Å². The van der Waals surface area contributed by atoms with Gasteiger partial charge in [0, 0.05) is 33.5 Å². The van der Waals surface area contributed by atoms with Crippen molar-refractivity contribution in [3.8, 4) is 27.9 Å². The molecule has 0 radical (unpaired) electrons. The molecule has 11 rings (SSSR count). The first-order valence-electron chi connectivity index (χ1n) is 22.6. The van der Waals surface area contributed by atoms with Gasteiger partial charge in [0.25, 0.3) is 0 Å². The van der Waals surface area contributed by atoms with Crippen molar-refractivity contribution in [2.24, 2.45) is 0 Å². The van der Waals surface area contributed by atoms with Crippen LogP contribution in [0.3, 0.4) is 0 Å². The topological polar surface area (TPSA) is 8.17 Å². The van der Waals surface area contributed by atoms with E-state index in [-0.39, 0.29) is 10.8 Å². The number of aromatic nitrogens is 1. The fraction of sp³-hybridized carbons (Fsp3) is 0.129. The minimum atomic E-state index is -0.0811. The lowest BCUT2D eigenvalue weighted by Crippen LogP contribution is -2.12. The molecule has 2 heteroatoms. The Balaban J connectivity index is 1.14. The predicted molar refractivity (Wildman–Crippen MR) is 276 cm³/mol. The lowest BCUT2D eigenvalue weighted by atomic mass is 9.83. The SMILES string of the molecule is CC(C)(C)c1ccc2c3c(-c4cccc(N(c5ccc(-c6cccc7ccccc67)cc5)c5ccc6c(ccc7ccccc76)c5)c4)cc(C(C)(C)C)cc3n(-c3ccccc3)c2c1. The number of benzene rings is 10. The third-order valence-electron chi connectivity index (χ3n) is 13.2. The summed E-state index contributed by atoms with van der Waals surface area (Å²) in [5.74, 6) is 0. The van der Waals surface area contributed by atoms with Crippen LogP contribution in [0.1, 0.15) is 52.7 Å². The highest BCUT2D eigenvalue weighted by Crippen LogP contribution is 2.45. The summed E-state index contributed by atoms with van der Waals surface area (Å²) in [4.78, 5) is 2.43. The first kappa shape index (κ1) is 39.4. The lowest BCUT2D eigenvalue weighted by molar-refractivity contribution is 0.591. The van der Waals surface area contributed by atoms with E-state index in [9.17, 15) is 0 Å². The summed E-state index contributed by atoms with van der Waals surface area (Å²) in [6.45, 7) is 13.9. The van der Waals surface area contributed by atoms with Crippen molar-refractivity contribution < 1.29 is 0 Å². The van der Waals surface area contributed by atoms with Gasteiger partial charge in [-0.2, -0.15) is 0 Å². The predicted octanol–water partition coefficient (Wildman–Crippen LogP) is 17.6. The van der Waals surface area contributed by atoms with Crippen molar-refractivity contribution >= 4 is 71.2 Å². The van der Waals surface area contributed by atoms with Crippen LogP contribution < -0.4 is 4.90 Å². The number of para-hydroxylation sites is 1. The van der Waals surface area contributed by atoms with E-state index in [1.165, 1.54) is 93.2 Å². The van der Waals surface area contributed by atoms with Gasteiger partial charge in [-0.15, -0.1) is 0 Å². The highest BCUT2D eigenvalue weighted by molar-refractivity contribution is 6.16. The summed E-state index contributed by atoms with van der Waals surface area (Å²) in [5.41, 5.74) is 14.4. The molecule has 10 aromatic carbocycles. The summed E-state index contributed by atoms with van der Waals surface area (Å²) in [7, 11) is 0. The van der Waals surface area contributed by atoms with Gasteiger partial charge in [-0.3, -0.25) is 0 Å². The van der Waals surface area contributed by atoms with Crippen LogP contribution in [-0.4, -0.2) is 4.57 Å². The molecule has 0 amide bonds. The Labute approximate surface area is 376 Å². The van der Waals surface area contributed by atoms with E-state index in [0.29, 0.717) is 0 Å². The first-order chi connectivity index (χ1) is 31.0. The van der Waals surface area contributed by atoms with Gasteiger partial charge in [-0.1, -0.05) is 181 Å². The third-order valence-corrected chi connectivity index (χ3v) is 13.2. The molecule has 0 spiro atoms. The molecule has 0 aliphatic rings. The zero-order valence-electron chi connectivity index (χ0n) is 37.5. The summed E-state index contributed by atoms with van der Waals surface area (Å²) < 4.78 is 2.49. The number of nitrogens with zero attached hydrogens (tertiary/aromatic N) is 2. The second-order valence-corrected chi connectivity index (χ2v) is 19.5. The Hall–Kier alpha value is -7.42. The number of fused-ring (bicyclic) bond motifs is 7. The van der Waals surface area contributed by atoms with Gasteiger partial charge in [0.1, 0.15) is 0 Å². The van der Waals surface area contributed by atoms with E-state index in [2.05, 4.69) is 257 Å². The zero-order valence-corrected chi connectivity index (χ0v) is 37.5. The van der Waals surface area contributed by atoms with Gasteiger partial charge >= 0.3 is 0 Å². The normalized spacial score (nSPS) is 12.2. The summed E-state index contributed by atoms with van der Waals surface area (Å²) in [6.07, 6.45) is 0. The quantitative estimate of drug-likeness (QED) is 0.152. The molecule has 0 unspecified atom stereocenters. The minimum Gasteiger partial charge on any atom is -0.310 e. The molecule has 0 saturated heterocycles. The Morgan fingerprint density at radius 1 is 0.344 bits per heavy atom. The summed E-state index contributed by atoms with van der Waals surface area (Å²) in [6, 6.07) is 76.6. The molecule has 310 valence electrons. The van der Waals surface area contributed by atoms with E-state index in [1.807, 2.05) is 0 Å². The highest BCUT2D eigenvalue weighted by atomic mass is 15.1. The van der Waals surface area contributed by atoms with E-state index in [4.69, 9.17) is 0 Å². The smallest absolute Gasteiger partial charge is 0.0550 e. The number of hydrogen-bond donors (Lipinski definition) is 0. The average Bonchev–Trinajstić information content (AvgIpc) is 3.65. The van der Waals surface area contributed by atoms with Crippen LogP contribution in [-0.2, 0) is 10.8 Å². The second-order valence-electron chi connectivity index (χ2n) is 19.5. The number of anilines is 3. The zero-order chi connectivity index (χ0) is 43.7. The largest absolute Gasteiger partial charge is 0.310 e. The number of rotatable bonds is 6. The maximum absolute atomic E-state index is 2.49. The first-order valence-corrected chi connectivity index (χ1v) is 22.6. The molecule has 2 nitrogen and oxygen atoms in total. The summed E-state index contributed by atoms with van der Waals surface area (Å²) in [5, 5.41) is 10.0. The van der Waals surface area contributed by atoms with Crippen LogP contribution in [0.2, 0.25) is 0 Å². The molecule has 11 aromatic rings. The van der Waals surface area contributed by atoms with Gasteiger partial charge in [0.2, 0.25) is 0 Å². The second kappa shape index (κ2) is 15.1. The van der Waals surface area contributed by atoms with Crippen molar-refractivity contribution in [1.82, 2.24) is 4.57 Å². The molecule has 0 fully saturated rings. The van der Waals surface area contributed by atoms with Gasteiger partial charge in [-0.25, -0.2) is 0 Å². The Morgan fingerprint density at radius 3 is 1.70 bits per heavy atom. The highest BCUT2D eigenvalue weighted by Gasteiger charge is 2.25. The molecular weight excluding hydrogens is 773 g/mol. The third kappa shape index (κ3) is 6.82. The lowest BCUT2D eigenvalue weighted by Gasteiger charge is -2.27. The van der Waals surface area contributed by atoms with Crippen molar-refractivity contribution in [3.63, 3.8) is 0 Å². The van der Waals surface area contributed by atoms with Crippen molar-refractivity contribution in [2.75, 3.05) is 4.90 Å². The van der Waals surface area contributed by atoms with E-state index >= 15 is 0 Å². The fourth-order valence-corrected chi connectivity index (χ4v) is 9.79. The molecule has 1 aromatic heterocycles. The van der Waals surface area contributed by atoms with E-state index < -0.39 is 0 Å². The van der Waals surface area contributed by atoms with Crippen LogP contribution in [0, 0.1) is 0 Å². The summed E-state index contributed by atoms with van der Waals surface area (Å²) >= 11 is 0. The van der Waals surface area contributed by atoms with Crippen LogP contribution in [0.5, 0.6) is 0 Å². The molecule has 64 heavy (non-hydrogen) atoms. The minimum absolute atomic E-state index is 0.00625. The van der Waals surface area contributed by atoms with Crippen LogP contribution in [0.25, 0.3) is 82.1 Å². The maximum atomic E-state index is 2.49. The number of hydrogen-bond acceptors (Lipinski definition) is 1. The van der Waals surface area contributed by atoms with E-state index in [0.717, 1.165) is 17.1 Å². The molecule has 0 aliphatic heterocycles. The maximum Gasteiger partial charge on any atom is 0.0550 e. The standard InChI is InChI=1S/C62H52N2/c1-61(2,3)46-30-34-56-58(39-46)64(48-20-8-7-9-21-48)59-40-47(62(4,5)6)38-57(60(56)59)44-19-14-22-50(36-44)63(51-33-35-55-45(37-51)27-26-42-17-11-13-24-53(42)55)49-31-28-43(29-32-49)54-25-15-18-41-16-10-12-23-52(41)54/h7-40H,1-6H3. The molecule has 0 atom stereocenters.